The van der Waals surface area contributed by atoms with Crippen molar-refractivity contribution in [1.29, 1.82) is 0 Å². The zero-order chi connectivity index (χ0) is 22.2. The molecule has 7 heteroatoms. The summed E-state index contributed by atoms with van der Waals surface area (Å²) in [5.74, 6) is 0.991. The first kappa shape index (κ1) is 21.6. The third-order valence-electron chi connectivity index (χ3n) is 5.78. The van der Waals surface area contributed by atoms with Crippen LogP contribution in [0.1, 0.15) is 35.1 Å². The van der Waals surface area contributed by atoms with Gasteiger partial charge in [0.05, 0.1) is 6.54 Å². The van der Waals surface area contributed by atoms with Crippen LogP contribution in [0.15, 0.2) is 72.0 Å². The summed E-state index contributed by atoms with van der Waals surface area (Å²) in [4.78, 5) is 18.4. The van der Waals surface area contributed by atoms with Gasteiger partial charge < -0.3 is 15.5 Å². The molecule has 4 rings (SSSR count). The second kappa shape index (κ2) is 10.6. The maximum atomic E-state index is 12.0. The van der Waals surface area contributed by atoms with Crippen LogP contribution in [0.2, 0.25) is 0 Å². The molecule has 1 aromatic heterocycles. The van der Waals surface area contributed by atoms with E-state index in [1.165, 1.54) is 22.3 Å². The Labute approximate surface area is 189 Å². The van der Waals surface area contributed by atoms with Gasteiger partial charge in [0.1, 0.15) is 0 Å². The van der Waals surface area contributed by atoms with E-state index in [1.807, 2.05) is 34.0 Å². The number of likely N-dealkylation sites (tertiary alicyclic amines) is 1. The van der Waals surface area contributed by atoms with Gasteiger partial charge in [0.2, 0.25) is 5.91 Å². The highest BCUT2D eigenvalue weighted by Crippen LogP contribution is 2.17. The molecule has 0 atom stereocenters. The van der Waals surface area contributed by atoms with Gasteiger partial charge in [-0.05, 0) is 34.7 Å². The Morgan fingerprint density at radius 2 is 1.56 bits per heavy atom. The lowest BCUT2D eigenvalue weighted by Crippen LogP contribution is -2.37. The highest BCUT2D eigenvalue weighted by atomic mass is 16.2. The van der Waals surface area contributed by atoms with Gasteiger partial charge in [-0.1, -0.05) is 48.5 Å². The standard InChI is InChI=1S/C25H30N6O/c1-26-25(28-17-21-9-3-5-11-23(21)19-31-15-7-13-29-31)27-16-20-8-2-4-10-22(20)18-30-14-6-12-24(30)32/h2-5,7-11,13,15H,6,12,14,16-19H2,1H3,(H2,26,27,28). The molecule has 1 fully saturated rings. The number of carbonyl (C=O) groups is 1. The Morgan fingerprint density at radius 1 is 0.938 bits per heavy atom. The van der Waals surface area contributed by atoms with Gasteiger partial charge in [-0.25, -0.2) is 0 Å². The molecule has 1 saturated heterocycles. The van der Waals surface area contributed by atoms with Crippen molar-refractivity contribution < 1.29 is 4.79 Å². The van der Waals surface area contributed by atoms with E-state index in [1.54, 1.807) is 13.2 Å². The molecule has 7 nitrogen and oxygen atoms in total. The molecule has 1 aliphatic heterocycles. The molecule has 0 aliphatic carbocycles. The first-order valence-electron chi connectivity index (χ1n) is 11.1. The van der Waals surface area contributed by atoms with E-state index < -0.39 is 0 Å². The number of nitrogens with zero attached hydrogens (tertiary/aromatic N) is 4. The SMILES string of the molecule is CN=C(NCc1ccccc1CN1CCCC1=O)NCc1ccccc1Cn1cccn1. The summed E-state index contributed by atoms with van der Waals surface area (Å²) in [6.45, 7) is 3.57. The van der Waals surface area contributed by atoms with Crippen LogP contribution in [0, 0.1) is 0 Å². The normalized spacial score (nSPS) is 14.1. The van der Waals surface area contributed by atoms with E-state index >= 15 is 0 Å². The molecular formula is C25H30N6O. The van der Waals surface area contributed by atoms with Crippen LogP contribution >= 0.6 is 0 Å². The molecular weight excluding hydrogens is 400 g/mol. The third-order valence-corrected chi connectivity index (χ3v) is 5.78. The smallest absolute Gasteiger partial charge is 0.222 e. The lowest BCUT2D eigenvalue weighted by molar-refractivity contribution is -0.128. The molecule has 2 aromatic carbocycles. The lowest BCUT2D eigenvalue weighted by Gasteiger charge is -2.19. The number of guanidine groups is 1. The number of carbonyl (C=O) groups excluding carboxylic acids is 1. The van der Waals surface area contributed by atoms with Crippen molar-refractivity contribution in [3.05, 3.63) is 89.2 Å². The van der Waals surface area contributed by atoms with Crippen LogP contribution in [0.3, 0.4) is 0 Å². The van der Waals surface area contributed by atoms with Crippen molar-refractivity contribution in [2.24, 2.45) is 4.99 Å². The number of nitrogens with one attached hydrogen (secondary N) is 2. The number of benzene rings is 2. The van der Waals surface area contributed by atoms with Crippen LogP contribution in [0.5, 0.6) is 0 Å². The summed E-state index contributed by atoms with van der Waals surface area (Å²) in [6.07, 6.45) is 5.39. The van der Waals surface area contributed by atoms with E-state index in [9.17, 15) is 4.79 Å². The Bertz CT molecular complexity index is 1060. The second-order valence-corrected chi connectivity index (χ2v) is 7.94. The van der Waals surface area contributed by atoms with Crippen molar-refractivity contribution in [2.45, 2.75) is 39.0 Å². The highest BCUT2D eigenvalue weighted by Gasteiger charge is 2.20. The average molecular weight is 431 g/mol. The van der Waals surface area contributed by atoms with E-state index in [0.29, 0.717) is 26.1 Å². The van der Waals surface area contributed by atoms with Crippen LogP contribution in [-0.4, -0.2) is 40.1 Å². The molecule has 32 heavy (non-hydrogen) atoms. The largest absolute Gasteiger partial charge is 0.352 e. The number of amides is 1. The van der Waals surface area contributed by atoms with Gasteiger partial charge >= 0.3 is 0 Å². The molecule has 1 aliphatic rings. The summed E-state index contributed by atoms with van der Waals surface area (Å²) in [5, 5.41) is 11.1. The van der Waals surface area contributed by atoms with Gasteiger partial charge in [0, 0.05) is 52.0 Å². The van der Waals surface area contributed by atoms with E-state index in [-0.39, 0.29) is 5.91 Å². The zero-order valence-corrected chi connectivity index (χ0v) is 18.5. The Kier molecular flexibility index (Phi) is 7.17. The fourth-order valence-corrected chi connectivity index (χ4v) is 3.99. The third kappa shape index (κ3) is 5.55. The number of rotatable bonds is 8. The quantitative estimate of drug-likeness (QED) is 0.426. The average Bonchev–Trinajstić information content (AvgIpc) is 3.48. The number of aromatic nitrogens is 2. The highest BCUT2D eigenvalue weighted by molar-refractivity contribution is 5.80. The summed E-state index contributed by atoms with van der Waals surface area (Å²) in [7, 11) is 1.78. The van der Waals surface area contributed by atoms with E-state index in [4.69, 9.17) is 0 Å². The lowest BCUT2D eigenvalue weighted by atomic mass is 10.1. The Hall–Kier alpha value is -3.61. The van der Waals surface area contributed by atoms with Crippen molar-refractivity contribution in [3.63, 3.8) is 0 Å². The first-order chi connectivity index (χ1) is 15.7. The number of aliphatic imine (C=N–C) groups is 1. The van der Waals surface area contributed by atoms with E-state index in [0.717, 1.165) is 25.5 Å². The summed E-state index contributed by atoms with van der Waals surface area (Å²) >= 11 is 0. The van der Waals surface area contributed by atoms with Crippen LogP contribution in [0.25, 0.3) is 0 Å². The molecule has 0 spiro atoms. The molecule has 2 N–H and O–H groups in total. The number of hydrogen-bond acceptors (Lipinski definition) is 3. The molecule has 1 amide bonds. The monoisotopic (exact) mass is 430 g/mol. The van der Waals surface area contributed by atoms with Crippen molar-refractivity contribution in [1.82, 2.24) is 25.3 Å². The van der Waals surface area contributed by atoms with Crippen LogP contribution in [-0.2, 0) is 31.0 Å². The van der Waals surface area contributed by atoms with Gasteiger partial charge in [0.25, 0.3) is 0 Å². The first-order valence-corrected chi connectivity index (χ1v) is 11.1. The fraction of sp³-hybridized carbons (Fsp3) is 0.320. The van der Waals surface area contributed by atoms with Crippen LogP contribution in [0.4, 0.5) is 0 Å². The zero-order valence-electron chi connectivity index (χ0n) is 18.5. The van der Waals surface area contributed by atoms with Gasteiger partial charge in [-0.15, -0.1) is 0 Å². The molecule has 3 aromatic rings. The predicted molar refractivity (Wildman–Crippen MR) is 126 cm³/mol. The molecule has 0 saturated carbocycles. The van der Waals surface area contributed by atoms with Crippen molar-refractivity contribution >= 4 is 11.9 Å². The second-order valence-electron chi connectivity index (χ2n) is 7.94. The van der Waals surface area contributed by atoms with Crippen LogP contribution < -0.4 is 10.6 Å². The minimum atomic E-state index is 0.249. The molecule has 2 heterocycles. The fourth-order valence-electron chi connectivity index (χ4n) is 3.99. The Morgan fingerprint density at radius 3 is 2.09 bits per heavy atom. The Balaban J connectivity index is 1.35. The molecule has 0 radical (unpaired) electrons. The molecule has 0 bridgehead atoms. The molecule has 166 valence electrons. The van der Waals surface area contributed by atoms with Gasteiger partial charge in [-0.3, -0.25) is 14.5 Å². The predicted octanol–water partition coefficient (Wildman–Crippen LogP) is 2.92. The van der Waals surface area contributed by atoms with Gasteiger partial charge in [0.15, 0.2) is 5.96 Å². The maximum Gasteiger partial charge on any atom is 0.222 e. The molecule has 0 unspecified atom stereocenters. The summed E-state index contributed by atoms with van der Waals surface area (Å²) < 4.78 is 1.92. The van der Waals surface area contributed by atoms with Crippen molar-refractivity contribution in [2.75, 3.05) is 13.6 Å². The summed E-state index contributed by atoms with van der Waals surface area (Å²) in [6, 6.07) is 18.6. The minimum absolute atomic E-state index is 0.249. The minimum Gasteiger partial charge on any atom is -0.352 e. The van der Waals surface area contributed by atoms with Crippen molar-refractivity contribution in [3.8, 4) is 0 Å². The number of hydrogen-bond donors (Lipinski definition) is 2. The topological polar surface area (TPSA) is 74.6 Å². The summed E-state index contributed by atoms with van der Waals surface area (Å²) in [5.41, 5.74) is 4.78. The van der Waals surface area contributed by atoms with Gasteiger partial charge in [-0.2, -0.15) is 5.10 Å². The van der Waals surface area contributed by atoms with E-state index in [2.05, 4.69) is 57.1 Å². The maximum absolute atomic E-state index is 12.0.